The fourth-order valence-corrected chi connectivity index (χ4v) is 2.65. The molecule has 110 valence electrons. The Labute approximate surface area is 125 Å². The molecule has 2 rings (SSSR count). The number of hydrogen-bond acceptors (Lipinski definition) is 2. The van der Waals surface area contributed by atoms with Crippen LogP contribution in [0.5, 0.6) is 0 Å². The molecule has 1 N–H and O–H groups in total. The van der Waals surface area contributed by atoms with E-state index in [9.17, 15) is 4.79 Å². The summed E-state index contributed by atoms with van der Waals surface area (Å²) in [5, 5.41) is 2.88. The number of halogens is 1. The lowest BCUT2D eigenvalue weighted by Gasteiger charge is -2.22. The smallest absolute Gasteiger partial charge is 0.251 e. The summed E-state index contributed by atoms with van der Waals surface area (Å²) in [5.74, 6) is 0.412. The van der Waals surface area contributed by atoms with E-state index < -0.39 is 0 Å². The Morgan fingerprint density at radius 3 is 2.55 bits per heavy atom. The first-order valence-corrected chi connectivity index (χ1v) is 7.88. The molecule has 3 nitrogen and oxygen atoms in total. The number of benzene rings is 1. The molecule has 1 aliphatic rings. The number of carbonyl (C=O) groups excluding carboxylic acids is 1. The van der Waals surface area contributed by atoms with Crippen LogP contribution in [0.25, 0.3) is 0 Å². The van der Waals surface area contributed by atoms with E-state index in [2.05, 4.69) is 5.32 Å². The Morgan fingerprint density at radius 2 is 1.90 bits per heavy atom. The van der Waals surface area contributed by atoms with Gasteiger partial charge < -0.3 is 10.1 Å². The highest BCUT2D eigenvalue weighted by Crippen LogP contribution is 2.19. The van der Waals surface area contributed by atoms with Crippen molar-refractivity contribution in [3.05, 3.63) is 35.4 Å². The minimum absolute atomic E-state index is 0.0571. The van der Waals surface area contributed by atoms with Gasteiger partial charge in [0, 0.05) is 18.0 Å². The van der Waals surface area contributed by atoms with Crippen molar-refractivity contribution < 1.29 is 9.53 Å². The Kier molecular flexibility index (Phi) is 6.34. The van der Waals surface area contributed by atoms with Crippen molar-refractivity contribution in [2.45, 2.75) is 44.1 Å². The second kappa shape index (κ2) is 8.28. The van der Waals surface area contributed by atoms with Gasteiger partial charge in [0.1, 0.15) is 0 Å². The summed E-state index contributed by atoms with van der Waals surface area (Å²) in [5.41, 5.74) is 1.68. The number of ether oxygens (including phenoxy) is 1. The summed E-state index contributed by atoms with van der Waals surface area (Å²) in [6.07, 6.45) is 6.58. The molecular weight excluding hydrogens is 274 g/mol. The molecule has 20 heavy (non-hydrogen) atoms. The van der Waals surface area contributed by atoms with Crippen LogP contribution in [-0.4, -0.2) is 25.2 Å². The number of nitrogens with one attached hydrogen (secondary N) is 1. The molecule has 0 atom stereocenters. The lowest BCUT2D eigenvalue weighted by atomic mass is 9.98. The largest absolute Gasteiger partial charge is 0.376 e. The molecular formula is C16H22ClNO2. The highest BCUT2D eigenvalue weighted by atomic mass is 35.5. The molecule has 1 aromatic rings. The molecule has 1 fully saturated rings. The lowest BCUT2D eigenvalue weighted by molar-refractivity contribution is 0.0299. The van der Waals surface area contributed by atoms with Gasteiger partial charge >= 0.3 is 0 Å². The zero-order valence-corrected chi connectivity index (χ0v) is 12.5. The zero-order valence-electron chi connectivity index (χ0n) is 11.7. The Bertz CT molecular complexity index is 413. The molecule has 0 spiro atoms. The van der Waals surface area contributed by atoms with E-state index >= 15 is 0 Å². The minimum Gasteiger partial charge on any atom is -0.376 e. The van der Waals surface area contributed by atoms with Crippen molar-refractivity contribution in [2.75, 3.05) is 13.2 Å². The fraction of sp³-hybridized carbons (Fsp3) is 0.562. The first kappa shape index (κ1) is 15.3. The molecule has 0 heterocycles. The van der Waals surface area contributed by atoms with Crippen LogP contribution >= 0.6 is 11.6 Å². The minimum atomic E-state index is -0.0571. The molecule has 1 aromatic carbocycles. The summed E-state index contributed by atoms with van der Waals surface area (Å²) in [6.45, 7) is 1.16. The number of alkyl halides is 1. The van der Waals surface area contributed by atoms with Gasteiger partial charge in [-0.1, -0.05) is 31.4 Å². The molecule has 0 aliphatic heterocycles. The van der Waals surface area contributed by atoms with Gasteiger partial charge in [0.2, 0.25) is 0 Å². The highest BCUT2D eigenvalue weighted by Gasteiger charge is 2.13. The van der Waals surface area contributed by atoms with Crippen molar-refractivity contribution in [3.8, 4) is 0 Å². The summed E-state index contributed by atoms with van der Waals surface area (Å²) >= 11 is 5.72. The molecule has 1 saturated carbocycles. The topological polar surface area (TPSA) is 38.3 Å². The van der Waals surface area contributed by atoms with Crippen LogP contribution in [0.4, 0.5) is 0 Å². The maximum atomic E-state index is 11.9. The van der Waals surface area contributed by atoms with Crippen LogP contribution in [0.3, 0.4) is 0 Å². The summed E-state index contributed by atoms with van der Waals surface area (Å²) in [6, 6.07) is 7.35. The van der Waals surface area contributed by atoms with Gasteiger partial charge in [-0.05, 0) is 30.5 Å². The monoisotopic (exact) mass is 295 g/mol. The van der Waals surface area contributed by atoms with Crippen molar-refractivity contribution >= 4 is 17.5 Å². The van der Waals surface area contributed by atoms with Gasteiger partial charge in [0.15, 0.2) is 0 Å². The Hall–Kier alpha value is -1.06. The molecule has 0 radical (unpaired) electrons. The molecule has 0 saturated heterocycles. The normalized spacial score (nSPS) is 16.1. The van der Waals surface area contributed by atoms with Crippen molar-refractivity contribution in [3.63, 3.8) is 0 Å². The summed E-state index contributed by atoms with van der Waals surface area (Å²) in [7, 11) is 0. The molecule has 0 unspecified atom stereocenters. The molecule has 0 aromatic heterocycles. The van der Waals surface area contributed by atoms with E-state index in [4.69, 9.17) is 16.3 Å². The average molecular weight is 296 g/mol. The van der Waals surface area contributed by atoms with E-state index in [1.165, 1.54) is 19.3 Å². The van der Waals surface area contributed by atoms with Crippen molar-refractivity contribution in [1.29, 1.82) is 0 Å². The standard InChI is InChI=1S/C16H22ClNO2/c17-12-13-6-8-14(9-7-13)16(19)18-10-11-20-15-4-2-1-3-5-15/h6-9,15H,1-5,10-12H2,(H,18,19). The van der Waals surface area contributed by atoms with Crippen molar-refractivity contribution in [2.24, 2.45) is 0 Å². The first-order chi connectivity index (χ1) is 9.79. The van der Waals surface area contributed by atoms with Gasteiger partial charge in [0.25, 0.3) is 5.91 Å². The Morgan fingerprint density at radius 1 is 1.20 bits per heavy atom. The van der Waals surface area contributed by atoms with Gasteiger partial charge in [-0.15, -0.1) is 11.6 Å². The second-order valence-corrected chi connectivity index (χ2v) is 5.48. The molecule has 1 aliphatic carbocycles. The average Bonchev–Trinajstić information content (AvgIpc) is 2.52. The predicted molar refractivity (Wildman–Crippen MR) is 81.2 cm³/mol. The van der Waals surface area contributed by atoms with Gasteiger partial charge in [-0.2, -0.15) is 0 Å². The fourth-order valence-electron chi connectivity index (χ4n) is 2.47. The SMILES string of the molecule is O=C(NCCOC1CCCCC1)c1ccc(CCl)cc1. The highest BCUT2D eigenvalue weighted by molar-refractivity contribution is 6.17. The van der Waals surface area contributed by atoms with E-state index in [0.717, 1.165) is 18.4 Å². The molecule has 4 heteroatoms. The molecule has 0 bridgehead atoms. The number of hydrogen-bond donors (Lipinski definition) is 1. The van der Waals surface area contributed by atoms with Crippen LogP contribution in [0.15, 0.2) is 24.3 Å². The number of carbonyl (C=O) groups is 1. The zero-order chi connectivity index (χ0) is 14.2. The predicted octanol–water partition coefficient (Wildman–Crippen LogP) is 3.50. The van der Waals surface area contributed by atoms with Gasteiger partial charge in [-0.3, -0.25) is 4.79 Å². The van der Waals surface area contributed by atoms with Crippen molar-refractivity contribution in [1.82, 2.24) is 5.32 Å². The maximum Gasteiger partial charge on any atom is 0.251 e. The van der Waals surface area contributed by atoms with E-state index in [1.807, 2.05) is 12.1 Å². The summed E-state index contributed by atoms with van der Waals surface area (Å²) < 4.78 is 5.77. The van der Waals surface area contributed by atoms with Crippen LogP contribution in [-0.2, 0) is 10.6 Å². The Balaban J connectivity index is 1.66. The van der Waals surface area contributed by atoms with E-state index in [1.54, 1.807) is 12.1 Å². The molecule has 1 amide bonds. The lowest BCUT2D eigenvalue weighted by Crippen LogP contribution is -2.29. The van der Waals surface area contributed by atoms with Crippen LogP contribution in [0.1, 0.15) is 48.0 Å². The first-order valence-electron chi connectivity index (χ1n) is 7.34. The van der Waals surface area contributed by atoms with Crippen LogP contribution in [0.2, 0.25) is 0 Å². The quantitative estimate of drug-likeness (QED) is 0.644. The maximum absolute atomic E-state index is 11.9. The number of amides is 1. The second-order valence-electron chi connectivity index (χ2n) is 5.22. The third-order valence-electron chi connectivity index (χ3n) is 3.66. The van der Waals surface area contributed by atoms with Crippen LogP contribution < -0.4 is 5.32 Å². The van der Waals surface area contributed by atoms with Gasteiger partial charge in [0.05, 0.1) is 12.7 Å². The van der Waals surface area contributed by atoms with E-state index in [0.29, 0.717) is 30.7 Å². The van der Waals surface area contributed by atoms with E-state index in [-0.39, 0.29) is 5.91 Å². The third kappa shape index (κ3) is 4.80. The summed E-state index contributed by atoms with van der Waals surface area (Å²) in [4.78, 5) is 11.9. The van der Waals surface area contributed by atoms with Gasteiger partial charge in [-0.25, -0.2) is 0 Å². The third-order valence-corrected chi connectivity index (χ3v) is 3.97. The number of rotatable bonds is 6. The van der Waals surface area contributed by atoms with Crippen LogP contribution in [0, 0.1) is 0 Å².